The minimum absolute atomic E-state index is 0.609. The number of rotatable bonds is 4. The molecule has 82 valence electrons. The average molecular weight is 199 g/mol. The molecule has 0 amide bonds. The molecule has 0 spiro atoms. The molecule has 1 saturated heterocycles. The highest BCUT2D eigenvalue weighted by Gasteiger charge is 2.36. The summed E-state index contributed by atoms with van der Waals surface area (Å²) in [5, 5.41) is 8.96. The van der Waals surface area contributed by atoms with Gasteiger partial charge in [-0.15, -0.1) is 0 Å². The van der Waals surface area contributed by atoms with Gasteiger partial charge in [0.25, 0.3) is 0 Å². The highest BCUT2D eigenvalue weighted by molar-refractivity contribution is 5.73. The van der Waals surface area contributed by atoms with Crippen LogP contribution in [0.5, 0.6) is 0 Å². The van der Waals surface area contributed by atoms with Crippen LogP contribution in [-0.2, 0) is 4.79 Å². The zero-order valence-electron chi connectivity index (χ0n) is 9.58. The third-order valence-electron chi connectivity index (χ3n) is 3.13. The lowest BCUT2D eigenvalue weighted by Gasteiger charge is -2.44. The fourth-order valence-corrected chi connectivity index (χ4v) is 1.79. The third-order valence-corrected chi connectivity index (χ3v) is 3.13. The van der Waals surface area contributed by atoms with E-state index in [1.54, 1.807) is 13.8 Å². The maximum absolute atomic E-state index is 10.9. The number of likely N-dealkylation sites (tertiary alicyclic amines) is 1. The van der Waals surface area contributed by atoms with E-state index < -0.39 is 11.4 Å². The Bertz CT molecular complexity index is 217. The first-order valence-electron chi connectivity index (χ1n) is 5.28. The van der Waals surface area contributed by atoms with Crippen LogP contribution in [0.15, 0.2) is 0 Å². The fraction of sp³-hybridized carbons (Fsp3) is 0.909. The van der Waals surface area contributed by atoms with Gasteiger partial charge in [-0.3, -0.25) is 4.79 Å². The van der Waals surface area contributed by atoms with E-state index in [-0.39, 0.29) is 0 Å². The molecule has 0 radical (unpaired) electrons. The van der Waals surface area contributed by atoms with Crippen LogP contribution in [0.4, 0.5) is 0 Å². The molecule has 1 heterocycles. The summed E-state index contributed by atoms with van der Waals surface area (Å²) in [6.07, 6.45) is 0. The fourth-order valence-electron chi connectivity index (χ4n) is 1.79. The predicted octanol–water partition coefficient (Wildman–Crippen LogP) is 1.69. The van der Waals surface area contributed by atoms with E-state index in [0.717, 1.165) is 24.9 Å². The van der Waals surface area contributed by atoms with Crippen LogP contribution in [0.25, 0.3) is 0 Å². The van der Waals surface area contributed by atoms with Gasteiger partial charge in [0.15, 0.2) is 0 Å². The van der Waals surface area contributed by atoms with Crippen LogP contribution in [0.2, 0.25) is 0 Å². The van der Waals surface area contributed by atoms with E-state index in [1.165, 1.54) is 0 Å². The van der Waals surface area contributed by atoms with Crippen molar-refractivity contribution >= 4 is 5.97 Å². The molecule has 14 heavy (non-hydrogen) atoms. The number of aliphatic carboxylic acids is 1. The number of carbonyl (C=O) groups is 1. The van der Waals surface area contributed by atoms with Crippen molar-refractivity contribution in [3.8, 4) is 0 Å². The quantitative estimate of drug-likeness (QED) is 0.749. The summed E-state index contributed by atoms with van der Waals surface area (Å²) in [7, 11) is 0. The van der Waals surface area contributed by atoms with E-state index in [4.69, 9.17) is 5.11 Å². The highest BCUT2D eigenvalue weighted by Crippen LogP contribution is 2.27. The van der Waals surface area contributed by atoms with E-state index in [2.05, 4.69) is 18.7 Å². The van der Waals surface area contributed by atoms with Crippen molar-refractivity contribution in [1.82, 2.24) is 4.90 Å². The van der Waals surface area contributed by atoms with E-state index in [0.29, 0.717) is 6.54 Å². The molecular weight excluding hydrogens is 178 g/mol. The molecule has 1 fully saturated rings. The Labute approximate surface area is 86.1 Å². The van der Waals surface area contributed by atoms with Crippen molar-refractivity contribution in [3.63, 3.8) is 0 Å². The standard InChI is InChI=1S/C11H21NO2/c1-8(2)9-5-12(6-9)7-11(3,4)10(13)14/h8-9H,5-7H2,1-4H3,(H,13,14). The Morgan fingerprint density at radius 1 is 1.50 bits per heavy atom. The molecule has 0 aromatic heterocycles. The molecule has 3 nitrogen and oxygen atoms in total. The Kier molecular flexibility index (Phi) is 3.20. The lowest BCUT2D eigenvalue weighted by Crippen LogP contribution is -2.53. The summed E-state index contributed by atoms with van der Waals surface area (Å²) in [6.45, 7) is 10.8. The molecule has 0 aromatic rings. The molecule has 1 aliphatic heterocycles. The second-order valence-corrected chi connectivity index (χ2v) is 5.39. The topological polar surface area (TPSA) is 40.5 Å². The molecule has 0 atom stereocenters. The maximum Gasteiger partial charge on any atom is 0.310 e. The number of nitrogens with zero attached hydrogens (tertiary/aromatic N) is 1. The Morgan fingerprint density at radius 2 is 2.00 bits per heavy atom. The zero-order chi connectivity index (χ0) is 10.9. The Hall–Kier alpha value is -0.570. The van der Waals surface area contributed by atoms with Gasteiger partial charge in [-0.05, 0) is 25.7 Å². The summed E-state index contributed by atoms with van der Waals surface area (Å²) < 4.78 is 0. The third kappa shape index (κ3) is 2.47. The summed E-state index contributed by atoms with van der Waals surface area (Å²) in [4.78, 5) is 13.1. The van der Waals surface area contributed by atoms with Gasteiger partial charge in [-0.25, -0.2) is 0 Å². The highest BCUT2D eigenvalue weighted by atomic mass is 16.4. The largest absolute Gasteiger partial charge is 0.481 e. The summed E-state index contributed by atoms with van der Waals surface area (Å²) in [5.41, 5.74) is -0.609. The maximum atomic E-state index is 10.9. The number of carboxylic acids is 1. The van der Waals surface area contributed by atoms with Gasteiger partial charge in [0.05, 0.1) is 5.41 Å². The second-order valence-electron chi connectivity index (χ2n) is 5.39. The first-order chi connectivity index (χ1) is 6.33. The van der Waals surface area contributed by atoms with Crippen molar-refractivity contribution in [3.05, 3.63) is 0 Å². The van der Waals surface area contributed by atoms with Gasteiger partial charge >= 0.3 is 5.97 Å². The molecule has 0 unspecified atom stereocenters. The lowest BCUT2D eigenvalue weighted by molar-refractivity contribution is -0.149. The monoisotopic (exact) mass is 199 g/mol. The van der Waals surface area contributed by atoms with Crippen LogP contribution in [-0.4, -0.2) is 35.6 Å². The average Bonchev–Trinajstić information content (AvgIpc) is 1.94. The van der Waals surface area contributed by atoms with Crippen LogP contribution in [0, 0.1) is 17.3 Å². The van der Waals surface area contributed by atoms with Gasteiger partial charge in [0.1, 0.15) is 0 Å². The van der Waals surface area contributed by atoms with Crippen molar-refractivity contribution < 1.29 is 9.90 Å². The van der Waals surface area contributed by atoms with Crippen molar-refractivity contribution in [2.45, 2.75) is 27.7 Å². The molecule has 0 bridgehead atoms. The molecule has 0 aromatic carbocycles. The second kappa shape index (κ2) is 3.89. The van der Waals surface area contributed by atoms with Gasteiger partial charge < -0.3 is 10.0 Å². The van der Waals surface area contributed by atoms with Crippen molar-refractivity contribution in [2.75, 3.05) is 19.6 Å². The predicted molar refractivity (Wildman–Crippen MR) is 56.2 cm³/mol. The molecule has 1 rings (SSSR count). The molecule has 1 N–H and O–H groups in total. The smallest absolute Gasteiger partial charge is 0.310 e. The summed E-state index contributed by atoms with van der Waals surface area (Å²) in [5.74, 6) is 0.782. The molecule has 0 saturated carbocycles. The van der Waals surface area contributed by atoms with Gasteiger partial charge in [-0.2, -0.15) is 0 Å². The van der Waals surface area contributed by atoms with Crippen molar-refractivity contribution in [1.29, 1.82) is 0 Å². The number of hydrogen-bond acceptors (Lipinski definition) is 2. The zero-order valence-corrected chi connectivity index (χ0v) is 9.58. The molecule has 0 aliphatic carbocycles. The number of carboxylic acid groups (broad SMARTS) is 1. The van der Waals surface area contributed by atoms with Crippen LogP contribution >= 0.6 is 0 Å². The molecular formula is C11H21NO2. The van der Waals surface area contributed by atoms with E-state index in [9.17, 15) is 4.79 Å². The molecule has 3 heteroatoms. The summed E-state index contributed by atoms with van der Waals surface area (Å²) in [6, 6.07) is 0. The normalized spacial score (nSPS) is 19.8. The van der Waals surface area contributed by atoms with Crippen LogP contribution in [0.1, 0.15) is 27.7 Å². The SMILES string of the molecule is CC(C)C1CN(CC(C)(C)C(=O)O)C1. The minimum Gasteiger partial charge on any atom is -0.481 e. The van der Waals surface area contributed by atoms with Crippen LogP contribution < -0.4 is 0 Å². The Balaban J connectivity index is 2.32. The minimum atomic E-state index is -0.703. The molecule has 1 aliphatic rings. The first kappa shape index (κ1) is 11.5. The lowest BCUT2D eigenvalue weighted by atomic mass is 9.85. The Morgan fingerprint density at radius 3 is 2.36 bits per heavy atom. The van der Waals surface area contributed by atoms with Gasteiger partial charge in [0, 0.05) is 19.6 Å². The van der Waals surface area contributed by atoms with E-state index >= 15 is 0 Å². The van der Waals surface area contributed by atoms with E-state index in [1.807, 2.05) is 0 Å². The van der Waals surface area contributed by atoms with Gasteiger partial charge in [-0.1, -0.05) is 13.8 Å². The van der Waals surface area contributed by atoms with Crippen LogP contribution in [0.3, 0.4) is 0 Å². The van der Waals surface area contributed by atoms with Gasteiger partial charge in [0.2, 0.25) is 0 Å². The number of hydrogen-bond donors (Lipinski definition) is 1. The first-order valence-corrected chi connectivity index (χ1v) is 5.28. The summed E-state index contributed by atoms with van der Waals surface area (Å²) >= 11 is 0. The van der Waals surface area contributed by atoms with Crippen molar-refractivity contribution in [2.24, 2.45) is 17.3 Å².